The van der Waals surface area contributed by atoms with E-state index in [1.54, 1.807) is 59.9 Å². The van der Waals surface area contributed by atoms with E-state index in [1.165, 1.54) is 32.4 Å². The third kappa shape index (κ3) is 8.71. The summed E-state index contributed by atoms with van der Waals surface area (Å²) in [4.78, 5) is 46.0. The number of piperidine rings is 1. The van der Waals surface area contributed by atoms with E-state index in [0.29, 0.717) is 34.9 Å². The molecule has 1 saturated heterocycles. The van der Waals surface area contributed by atoms with Gasteiger partial charge in [0.2, 0.25) is 0 Å². The summed E-state index contributed by atoms with van der Waals surface area (Å²) in [6.45, 7) is 4.06. The van der Waals surface area contributed by atoms with Crippen LogP contribution in [-0.2, 0) is 14.1 Å². The molecule has 0 aliphatic carbocycles. The van der Waals surface area contributed by atoms with E-state index in [4.69, 9.17) is 0 Å². The van der Waals surface area contributed by atoms with Gasteiger partial charge in [-0.2, -0.15) is 0 Å². The van der Waals surface area contributed by atoms with Crippen LogP contribution >= 0.6 is 0 Å². The Labute approximate surface area is 286 Å². The molecule has 0 saturated carbocycles. The van der Waals surface area contributed by atoms with Crippen molar-refractivity contribution in [1.29, 1.82) is 0 Å². The molecule has 0 spiro atoms. The number of carbonyl (C=O) groups excluding carboxylic acids is 3. The molecule has 1 fully saturated rings. The second kappa shape index (κ2) is 15.6. The Bertz CT molecular complexity index is 1970. The molecule has 4 heterocycles. The van der Waals surface area contributed by atoms with Crippen LogP contribution < -0.4 is 16.0 Å². The normalized spacial score (nSPS) is 13.5. The summed E-state index contributed by atoms with van der Waals surface area (Å²) in [5.41, 5.74) is 5.24. The van der Waals surface area contributed by atoms with E-state index in [-0.39, 0.29) is 17.7 Å². The van der Waals surface area contributed by atoms with Crippen molar-refractivity contribution in [3.05, 3.63) is 113 Å². The number of nitrogens with one attached hydrogen (secondary N) is 3. The van der Waals surface area contributed by atoms with Crippen LogP contribution in [0.25, 0.3) is 23.1 Å². The fraction of sp³-hybridized carbons (Fsp3) is 0.282. The van der Waals surface area contributed by atoms with Crippen LogP contribution in [-0.4, -0.2) is 62.9 Å². The number of fused-ring (bicyclic) bond motifs is 1. The van der Waals surface area contributed by atoms with Crippen LogP contribution in [0.1, 0.15) is 74.6 Å². The largest absolute Gasteiger partial charge is 0.351 e. The summed E-state index contributed by atoms with van der Waals surface area (Å²) in [6.07, 6.45) is 15.1. The van der Waals surface area contributed by atoms with Crippen LogP contribution in [0.2, 0.25) is 0 Å². The number of aromatic nitrogens is 3. The Balaban J connectivity index is 0.989. The first-order chi connectivity index (χ1) is 23.8. The molecule has 2 aromatic carbocycles. The molecule has 252 valence electrons. The monoisotopic (exact) mass is 657 g/mol. The number of amides is 3. The number of hydrogen-bond donors (Lipinski definition) is 3. The van der Waals surface area contributed by atoms with Gasteiger partial charge in [-0.05, 0) is 92.8 Å². The first-order valence-corrected chi connectivity index (χ1v) is 16.9. The number of hydrogen-bond acceptors (Lipinski definition) is 5. The van der Waals surface area contributed by atoms with Crippen molar-refractivity contribution in [3.63, 3.8) is 0 Å². The van der Waals surface area contributed by atoms with E-state index in [1.807, 2.05) is 54.7 Å². The third-order valence-electron chi connectivity index (χ3n) is 8.88. The van der Waals surface area contributed by atoms with Crippen molar-refractivity contribution in [2.75, 3.05) is 36.8 Å². The lowest BCUT2D eigenvalue weighted by Crippen LogP contribution is -2.31. The Morgan fingerprint density at radius 1 is 0.735 bits per heavy atom. The van der Waals surface area contributed by atoms with Crippen molar-refractivity contribution in [3.8, 4) is 0 Å². The van der Waals surface area contributed by atoms with Crippen LogP contribution in [0.15, 0.2) is 85.3 Å². The molecule has 49 heavy (non-hydrogen) atoms. The predicted molar refractivity (Wildman–Crippen MR) is 196 cm³/mol. The lowest BCUT2D eigenvalue weighted by atomic mass is 10.1. The Morgan fingerprint density at radius 2 is 1.39 bits per heavy atom. The number of unbranched alkanes of at least 4 members (excludes halogenated alkanes) is 1. The highest BCUT2D eigenvalue weighted by Gasteiger charge is 2.17. The second-order valence-corrected chi connectivity index (χ2v) is 12.6. The third-order valence-corrected chi connectivity index (χ3v) is 8.88. The van der Waals surface area contributed by atoms with Gasteiger partial charge in [-0.15, -0.1) is 0 Å². The maximum Gasteiger partial charge on any atom is 0.272 e. The van der Waals surface area contributed by atoms with Gasteiger partial charge in [0.25, 0.3) is 17.7 Å². The molecule has 3 amide bonds. The Hall–Kier alpha value is -5.48. The van der Waals surface area contributed by atoms with Crippen molar-refractivity contribution in [1.82, 2.24) is 24.3 Å². The van der Waals surface area contributed by atoms with Crippen LogP contribution in [0.3, 0.4) is 0 Å². The number of rotatable bonds is 12. The standard InChI is InChI=1S/C39H43N7O3/c1-44-27-33(23-35(44)38(48)40-18-6-9-21-46-19-7-3-8-20-46)43-39(49)36-24-32(26-45(36)2)42-37(47)30-16-14-28(15-17-30)12-13-29-22-31-10-4-5-11-34(31)41-25-29/h4-5,10-17,22-27H,3,6-9,18-21H2,1-2H3,(H,40,48)(H,42,47)(H,43,49)/b13-12+. The number of para-hydroxylation sites is 1. The fourth-order valence-electron chi connectivity index (χ4n) is 6.17. The molecule has 10 heteroatoms. The summed E-state index contributed by atoms with van der Waals surface area (Å²) in [5, 5.41) is 9.84. The highest BCUT2D eigenvalue weighted by Crippen LogP contribution is 2.20. The minimum Gasteiger partial charge on any atom is -0.351 e. The molecule has 1 aliphatic heterocycles. The van der Waals surface area contributed by atoms with E-state index >= 15 is 0 Å². The van der Waals surface area contributed by atoms with Gasteiger partial charge >= 0.3 is 0 Å². The molecule has 0 radical (unpaired) electrons. The van der Waals surface area contributed by atoms with Gasteiger partial charge < -0.3 is 30.0 Å². The molecule has 5 aromatic rings. The van der Waals surface area contributed by atoms with Crippen molar-refractivity contribution < 1.29 is 14.4 Å². The highest BCUT2D eigenvalue weighted by atomic mass is 16.2. The number of nitrogens with zero attached hydrogens (tertiary/aromatic N) is 4. The quantitative estimate of drug-likeness (QED) is 0.131. The summed E-state index contributed by atoms with van der Waals surface area (Å²) >= 11 is 0. The maximum atomic E-state index is 13.2. The summed E-state index contributed by atoms with van der Waals surface area (Å²) in [7, 11) is 3.52. The molecule has 6 rings (SSSR count). The predicted octanol–water partition coefficient (Wildman–Crippen LogP) is 6.58. The Kier molecular flexibility index (Phi) is 10.6. The molecule has 3 aromatic heterocycles. The average Bonchev–Trinajstić information content (AvgIpc) is 3.68. The lowest BCUT2D eigenvalue weighted by molar-refractivity contribution is 0.0942. The fourth-order valence-corrected chi connectivity index (χ4v) is 6.17. The molecular formula is C39H43N7O3. The van der Waals surface area contributed by atoms with Crippen molar-refractivity contribution >= 4 is 52.2 Å². The minimum absolute atomic E-state index is 0.170. The number of benzene rings is 2. The maximum absolute atomic E-state index is 13.2. The van der Waals surface area contributed by atoms with E-state index in [2.05, 4.69) is 31.9 Å². The first-order valence-electron chi connectivity index (χ1n) is 16.9. The number of anilines is 2. The van der Waals surface area contributed by atoms with E-state index in [9.17, 15) is 14.4 Å². The summed E-state index contributed by atoms with van der Waals surface area (Å²) in [5.74, 6) is -0.802. The average molecular weight is 658 g/mol. The van der Waals surface area contributed by atoms with Crippen molar-refractivity contribution in [2.45, 2.75) is 32.1 Å². The van der Waals surface area contributed by atoms with Gasteiger partial charge in [-0.25, -0.2) is 0 Å². The smallest absolute Gasteiger partial charge is 0.272 e. The topological polar surface area (TPSA) is 113 Å². The highest BCUT2D eigenvalue weighted by molar-refractivity contribution is 6.07. The summed E-state index contributed by atoms with van der Waals surface area (Å²) < 4.78 is 3.36. The zero-order valence-electron chi connectivity index (χ0n) is 28.1. The van der Waals surface area contributed by atoms with E-state index < -0.39 is 0 Å². The molecule has 0 bridgehead atoms. The SMILES string of the molecule is Cn1cc(NC(=O)c2cc(NC(=O)c3ccc(/C=C/c4cnc5ccccc5c4)cc3)cn2C)cc1C(=O)NCCCCN1CCCCC1. The Morgan fingerprint density at radius 3 is 2.12 bits per heavy atom. The van der Waals surface area contributed by atoms with Crippen LogP contribution in [0.4, 0.5) is 11.4 Å². The number of pyridine rings is 1. The lowest BCUT2D eigenvalue weighted by Gasteiger charge is -2.26. The van der Waals surface area contributed by atoms with Gasteiger partial charge in [-0.3, -0.25) is 19.4 Å². The minimum atomic E-state index is -0.351. The molecular weight excluding hydrogens is 614 g/mol. The zero-order valence-corrected chi connectivity index (χ0v) is 28.1. The number of likely N-dealkylation sites (tertiary alicyclic amines) is 1. The van der Waals surface area contributed by atoms with Gasteiger partial charge in [0.15, 0.2) is 0 Å². The molecule has 0 unspecified atom stereocenters. The van der Waals surface area contributed by atoms with Gasteiger partial charge in [0.05, 0.1) is 16.9 Å². The van der Waals surface area contributed by atoms with Gasteiger partial charge in [0, 0.05) is 50.2 Å². The molecule has 10 nitrogen and oxygen atoms in total. The van der Waals surface area contributed by atoms with Crippen LogP contribution in [0, 0.1) is 0 Å². The van der Waals surface area contributed by atoms with Gasteiger partial charge in [-0.1, -0.05) is 48.9 Å². The molecule has 1 aliphatic rings. The first kappa shape index (κ1) is 33.4. The molecule has 0 atom stereocenters. The van der Waals surface area contributed by atoms with E-state index in [0.717, 1.165) is 41.4 Å². The summed E-state index contributed by atoms with van der Waals surface area (Å²) in [6, 6.07) is 20.7. The van der Waals surface area contributed by atoms with Crippen LogP contribution in [0.5, 0.6) is 0 Å². The van der Waals surface area contributed by atoms with Crippen molar-refractivity contribution in [2.24, 2.45) is 14.1 Å². The van der Waals surface area contributed by atoms with Gasteiger partial charge in [0.1, 0.15) is 11.4 Å². The number of carbonyl (C=O) groups is 3. The molecule has 3 N–H and O–H groups in total. The zero-order chi connectivity index (χ0) is 34.2. The number of aryl methyl sites for hydroxylation is 2. The second-order valence-electron chi connectivity index (χ2n) is 12.6.